The summed E-state index contributed by atoms with van der Waals surface area (Å²) in [6, 6.07) is 7.63. The van der Waals surface area contributed by atoms with Gasteiger partial charge in [-0.05, 0) is 11.6 Å². The quantitative estimate of drug-likeness (QED) is 0.871. The number of fused-ring (bicyclic) bond motifs is 1. The molecule has 0 spiro atoms. The van der Waals surface area contributed by atoms with Crippen molar-refractivity contribution in [2.24, 2.45) is 0 Å². The lowest BCUT2D eigenvalue weighted by Crippen LogP contribution is -2.58. The molecule has 0 saturated carbocycles. The van der Waals surface area contributed by atoms with Gasteiger partial charge in [0, 0.05) is 17.1 Å². The normalized spacial score (nSPS) is 17.8. The molecule has 2 aromatic rings. The average molecular weight is 250 g/mol. The lowest BCUT2D eigenvalue weighted by molar-refractivity contribution is -0.165. The monoisotopic (exact) mass is 250 g/mol. The highest BCUT2D eigenvalue weighted by atomic mass is 19.3. The Morgan fingerprint density at radius 2 is 2.06 bits per heavy atom. The van der Waals surface area contributed by atoms with Gasteiger partial charge in [0.15, 0.2) is 0 Å². The number of nitrogens with zero attached hydrogens (tertiary/aromatic N) is 1. The van der Waals surface area contributed by atoms with E-state index in [1.807, 2.05) is 24.3 Å². The van der Waals surface area contributed by atoms with E-state index in [0.29, 0.717) is 0 Å². The third-order valence-electron chi connectivity index (χ3n) is 3.21. The fourth-order valence-corrected chi connectivity index (χ4v) is 2.24. The maximum atomic E-state index is 12.7. The van der Waals surface area contributed by atoms with E-state index in [0.717, 1.165) is 16.5 Å². The lowest BCUT2D eigenvalue weighted by atomic mass is 10.1. The molecule has 94 valence electrons. The molecule has 1 N–H and O–H groups in total. The maximum absolute atomic E-state index is 12.7. The number of hydrogen-bond acceptors (Lipinski definition) is 1. The molecule has 5 heteroatoms. The molecule has 1 amide bonds. The van der Waals surface area contributed by atoms with Gasteiger partial charge in [-0.25, -0.2) is 8.78 Å². The lowest BCUT2D eigenvalue weighted by Gasteiger charge is -2.38. The number of aromatic nitrogens is 1. The maximum Gasteiger partial charge on any atom is 0.282 e. The number of likely N-dealkylation sites (tertiary alicyclic amines) is 1. The zero-order chi connectivity index (χ0) is 12.8. The number of nitrogens with one attached hydrogen (secondary N) is 1. The predicted molar refractivity (Wildman–Crippen MR) is 63.5 cm³/mol. The Hall–Kier alpha value is -1.91. The van der Waals surface area contributed by atoms with Gasteiger partial charge in [-0.15, -0.1) is 0 Å². The van der Waals surface area contributed by atoms with Gasteiger partial charge in [-0.1, -0.05) is 18.2 Å². The van der Waals surface area contributed by atoms with Crippen molar-refractivity contribution >= 4 is 16.8 Å². The molecule has 3 nitrogen and oxygen atoms in total. The van der Waals surface area contributed by atoms with E-state index in [1.165, 1.54) is 4.90 Å². The second-order valence-corrected chi connectivity index (χ2v) is 4.64. The largest absolute Gasteiger partial charge is 0.361 e. The summed E-state index contributed by atoms with van der Waals surface area (Å²) >= 11 is 0. The van der Waals surface area contributed by atoms with E-state index in [-0.39, 0.29) is 12.3 Å². The molecule has 3 rings (SSSR count). The van der Waals surface area contributed by atoms with Gasteiger partial charge in [0.1, 0.15) is 0 Å². The molecule has 0 bridgehead atoms. The number of hydrogen-bond donors (Lipinski definition) is 1. The molecule has 0 atom stereocenters. The summed E-state index contributed by atoms with van der Waals surface area (Å²) in [6.07, 6.45) is 1.93. The van der Waals surface area contributed by atoms with Crippen molar-refractivity contribution in [3.8, 4) is 0 Å². The number of alkyl halides is 2. The van der Waals surface area contributed by atoms with Gasteiger partial charge in [-0.2, -0.15) is 0 Å². The Morgan fingerprint density at radius 3 is 2.78 bits per heavy atom. The van der Waals surface area contributed by atoms with Gasteiger partial charge in [0.2, 0.25) is 5.91 Å². The Balaban J connectivity index is 1.75. The van der Waals surface area contributed by atoms with Gasteiger partial charge in [-0.3, -0.25) is 4.79 Å². The summed E-state index contributed by atoms with van der Waals surface area (Å²) in [7, 11) is 0. The molecule has 0 aliphatic carbocycles. The number of H-pyrrole nitrogens is 1. The van der Waals surface area contributed by atoms with Crippen LogP contribution in [0.15, 0.2) is 30.5 Å². The molecule has 1 fully saturated rings. The summed E-state index contributed by atoms with van der Waals surface area (Å²) in [5.74, 6) is -2.94. The summed E-state index contributed by atoms with van der Waals surface area (Å²) in [5.41, 5.74) is 1.81. The number of carbonyl (C=O) groups is 1. The summed E-state index contributed by atoms with van der Waals surface area (Å²) in [4.78, 5) is 16.1. The van der Waals surface area contributed by atoms with E-state index < -0.39 is 19.0 Å². The van der Waals surface area contributed by atoms with Crippen LogP contribution >= 0.6 is 0 Å². The molecule has 1 aliphatic heterocycles. The molecule has 0 unspecified atom stereocenters. The highest BCUT2D eigenvalue weighted by Crippen LogP contribution is 2.27. The second-order valence-electron chi connectivity index (χ2n) is 4.64. The van der Waals surface area contributed by atoms with E-state index >= 15 is 0 Å². The van der Waals surface area contributed by atoms with Crippen molar-refractivity contribution in [1.29, 1.82) is 0 Å². The molecule has 1 aromatic heterocycles. The van der Waals surface area contributed by atoms with Crippen molar-refractivity contribution in [1.82, 2.24) is 9.88 Å². The van der Waals surface area contributed by atoms with E-state index in [4.69, 9.17) is 0 Å². The fourth-order valence-electron chi connectivity index (χ4n) is 2.24. The smallest absolute Gasteiger partial charge is 0.282 e. The molecule has 1 aliphatic rings. The number of halogens is 2. The van der Waals surface area contributed by atoms with Crippen LogP contribution in [0.25, 0.3) is 10.9 Å². The van der Waals surface area contributed by atoms with Crippen molar-refractivity contribution in [3.05, 3.63) is 36.0 Å². The van der Waals surface area contributed by atoms with Crippen molar-refractivity contribution in [2.75, 3.05) is 13.1 Å². The van der Waals surface area contributed by atoms with Crippen LogP contribution in [-0.4, -0.2) is 34.8 Å². The summed E-state index contributed by atoms with van der Waals surface area (Å²) in [6.45, 7) is -0.900. The minimum atomic E-state index is -2.70. The molecule has 2 heterocycles. The van der Waals surface area contributed by atoms with Gasteiger partial charge >= 0.3 is 0 Å². The van der Waals surface area contributed by atoms with Crippen LogP contribution < -0.4 is 0 Å². The van der Waals surface area contributed by atoms with Crippen LogP contribution in [0.3, 0.4) is 0 Å². The average Bonchev–Trinajstić information content (AvgIpc) is 2.70. The minimum Gasteiger partial charge on any atom is -0.361 e. The zero-order valence-corrected chi connectivity index (χ0v) is 9.62. The first kappa shape index (κ1) is 11.2. The number of benzene rings is 1. The van der Waals surface area contributed by atoms with Crippen molar-refractivity contribution in [3.63, 3.8) is 0 Å². The Bertz CT molecular complexity index is 598. The highest BCUT2D eigenvalue weighted by Gasteiger charge is 2.45. The zero-order valence-electron chi connectivity index (χ0n) is 9.62. The number of para-hydroxylation sites is 1. The molecule has 1 saturated heterocycles. The Morgan fingerprint density at radius 1 is 1.33 bits per heavy atom. The molecular formula is C13H12F2N2O. The van der Waals surface area contributed by atoms with Crippen LogP contribution in [0.4, 0.5) is 8.78 Å². The van der Waals surface area contributed by atoms with Crippen molar-refractivity contribution < 1.29 is 13.6 Å². The van der Waals surface area contributed by atoms with Crippen LogP contribution in [0.5, 0.6) is 0 Å². The van der Waals surface area contributed by atoms with Gasteiger partial charge in [0.05, 0.1) is 19.5 Å². The molecule has 18 heavy (non-hydrogen) atoms. The van der Waals surface area contributed by atoms with Crippen LogP contribution in [0, 0.1) is 0 Å². The topological polar surface area (TPSA) is 36.1 Å². The summed E-state index contributed by atoms with van der Waals surface area (Å²) in [5, 5.41) is 0.970. The van der Waals surface area contributed by atoms with Crippen LogP contribution in [0.1, 0.15) is 5.56 Å². The van der Waals surface area contributed by atoms with Gasteiger partial charge in [0.25, 0.3) is 5.92 Å². The minimum absolute atomic E-state index is 0.167. The third-order valence-corrected chi connectivity index (χ3v) is 3.21. The predicted octanol–water partition coefficient (Wildman–Crippen LogP) is 2.19. The first-order valence-corrected chi connectivity index (χ1v) is 5.76. The Kier molecular flexibility index (Phi) is 2.36. The third kappa shape index (κ3) is 1.85. The number of amides is 1. The summed E-state index contributed by atoms with van der Waals surface area (Å²) < 4.78 is 25.4. The first-order valence-electron chi connectivity index (χ1n) is 5.76. The standard InChI is InChI=1S/C13H12F2N2O/c14-13(15)7-17(8-13)12(18)5-9-6-16-11-4-2-1-3-10(9)11/h1-4,6,16H,5,7-8H2. The Labute approximate surface area is 102 Å². The van der Waals surface area contributed by atoms with Crippen LogP contribution in [-0.2, 0) is 11.2 Å². The number of rotatable bonds is 2. The van der Waals surface area contributed by atoms with Crippen LogP contribution in [0.2, 0.25) is 0 Å². The second kappa shape index (κ2) is 3.80. The molecule has 0 radical (unpaired) electrons. The van der Waals surface area contributed by atoms with Gasteiger partial charge < -0.3 is 9.88 Å². The highest BCUT2D eigenvalue weighted by molar-refractivity contribution is 5.89. The number of aromatic amines is 1. The molecular weight excluding hydrogens is 238 g/mol. The fraction of sp³-hybridized carbons (Fsp3) is 0.308. The molecule has 1 aromatic carbocycles. The first-order chi connectivity index (χ1) is 8.55. The van der Waals surface area contributed by atoms with E-state index in [2.05, 4.69) is 4.98 Å². The van der Waals surface area contributed by atoms with E-state index in [9.17, 15) is 13.6 Å². The van der Waals surface area contributed by atoms with E-state index in [1.54, 1.807) is 6.20 Å². The van der Waals surface area contributed by atoms with Crippen molar-refractivity contribution in [2.45, 2.75) is 12.3 Å². The number of carbonyl (C=O) groups excluding carboxylic acids is 1. The SMILES string of the molecule is O=C(Cc1c[nH]c2ccccc12)N1CC(F)(F)C1.